The Morgan fingerprint density at radius 1 is 1.21 bits per heavy atom. The summed E-state index contributed by atoms with van der Waals surface area (Å²) in [5.41, 5.74) is 0. The van der Waals surface area contributed by atoms with Gasteiger partial charge in [0.25, 0.3) is 0 Å². The van der Waals surface area contributed by atoms with E-state index in [0.717, 1.165) is 12.8 Å². The average molecular weight is 270 g/mol. The predicted molar refractivity (Wildman–Crippen MR) is 68.9 cm³/mol. The van der Waals surface area contributed by atoms with Crippen LogP contribution in [-0.4, -0.2) is 65.3 Å². The molecule has 6 heteroatoms. The number of hydrogen-bond donors (Lipinski definition) is 1. The van der Waals surface area contributed by atoms with Gasteiger partial charge in [0, 0.05) is 19.1 Å². The molecule has 0 saturated carbocycles. The standard InChI is InChI=1S/C13H22N2O4/c1-9-3-4-14(10(2)7-9)13(18)15-5-6-19-8-11(15)12(16)17/h9-11H,3-8H2,1-2H3,(H,16,17). The van der Waals surface area contributed by atoms with Gasteiger partial charge in [-0.05, 0) is 25.7 Å². The van der Waals surface area contributed by atoms with Gasteiger partial charge in [-0.15, -0.1) is 0 Å². The molecule has 2 rings (SSSR count). The van der Waals surface area contributed by atoms with Crippen LogP contribution in [0.1, 0.15) is 26.7 Å². The maximum Gasteiger partial charge on any atom is 0.328 e. The number of amides is 2. The fourth-order valence-electron chi connectivity index (χ4n) is 2.89. The highest BCUT2D eigenvalue weighted by Crippen LogP contribution is 2.24. The lowest BCUT2D eigenvalue weighted by Gasteiger charge is -2.42. The SMILES string of the molecule is CC1CCN(C(=O)N2CCOCC2C(=O)O)C(C)C1. The maximum atomic E-state index is 12.5. The van der Waals surface area contributed by atoms with Gasteiger partial charge in [-0.3, -0.25) is 0 Å². The Bertz CT molecular complexity index is 361. The van der Waals surface area contributed by atoms with Crippen LogP contribution >= 0.6 is 0 Å². The van der Waals surface area contributed by atoms with Gasteiger partial charge in [0.05, 0.1) is 13.2 Å². The molecule has 0 aromatic carbocycles. The number of piperidine rings is 1. The van der Waals surface area contributed by atoms with Gasteiger partial charge in [-0.25, -0.2) is 9.59 Å². The summed E-state index contributed by atoms with van der Waals surface area (Å²) >= 11 is 0. The van der Waals surface area contributed by atoms with E-state index < -0.39 is 12.0 Å². The zero-order chi connectivity index (χ0) is 14.0. The molecule has 1 N–H and O–H groups in total. The van der Waals surface area contributed by atoms with E-state index in [9.17, 15) is 14.7 Å². The molecule has 0 spiro atoms. The second-order valence-corrected chi connectivity index (χ2v) is 5.58. The summed E-state index contributed by atoms with van der Waals surface area (Å²) in [5, 5.41) is 9.17. The van der Waals surface area contributed by atoms with Crippen LogP contribution in [-0.2, 0) is 9.53 Å². The van der Waals surface area contributed by atoms with Crippen molar-refractivity contribution in [2.75, 3.05) is 26.3 Å². The first-order valence-electron chi connectivity index (χ1n) is 6.88. The molecule has 3 unspecified atom stereocenters. The third-order valence-electron chi connectivity index (χ3n) is 4.04. The number of carbonyl (C=O) groups excluding carboxylic acids is 1. The van der Waals surface area contributed by atoms with Crippen LogP contribution in [0.5, 0.6) is 0 Å². The molecular weight excluding hydrogens is 248 g/mol. The Labute approximate surface area is 113 Å². The largest absolute Gasteiger partial charge is 0.480 e. The molecule has 3 atom stereocenters. The number of morpholine rings is 1. The Kier molecular flexibility index (Phi) is 4.29. The van der Waals surface area contributed by atoms with Crippen LogP contribution in [0, 0.1) is 5.92 Å². The Morgan fingerprint density at radius 2 is 1.95 bits per heavy atom. The summed E-state index contributed by atoms with van der Waals surface area (Å²) in [4.78, 5) is 27.0. The van der Waals surface area contributed by atoms with E-state index in [1.807, 2.05) is 6.92 Å². The molecule has 0 bridgehead atoms. The smallest absolute Gasteiger partial charge is 0.328 e. The molecular formula is C13H22N2O4. The van der Waals surface area contributed by atoms with E-state index in [2.05, 4.69) is 6.92 Å². The summed E-state index contributed by atoms with van der Waals surface area (Å²) in [6, 6.07) is -0.837. The van der Waals surface area contributed by atoms with Crippen molar-refractivity contribution in [1.29, 1.82) is 0 Å². The number of ether oxygens (including phenoxy) is 1. The molecule has 0 radical (unpaired) electrons. The summed E-state index contributed by atoms with van der Waals surface area (Å²) in [6.45, 7) is 5.78. The number of nitrogens with zero attached hydrogens (tertiary/aromatic N) is 2. The van der Waals surface area contributed by atoms with Crippen molar-refractivity contribution in [3.8, 4) is 0 Å². The van der Waals surface area contributed by atoms with Crippen molar-refractivity contribution >= 4 is 12.0 Å². The highest BCUT2D eigenvalue weighted by atomic mass is 16.5. The fraction of sp³-hybridized carbons (Fsp3) is 0.846. The number of carboxylic acid groups (broad SMARTS) is 1. The first kappa shape index (κ1) is 14.1. The van der Waals surface area contributed by atoms with Gasteiger partial charge in [-0.1, -0.05) is 6.92 Å². The second-order valence-electron chi connectivity index (χ2n) is 5.58. The first-order valence-corrected chi connectivity index (χ1v) is 6.88. The minimum atomic E-state index is -0.994. The van der Waals surface area contributed by atoms with Crippen molar-refractivity contribution in [3.05, 3.63) is 0 Å². The normalized spacial score (nSPS) is 32.2. The van der Waals surface area contributed by atoms with E-state index in [1.54, 1.807) is 4.90 Å². The van der Waals surface area contributed by atoms with Crippen LogP contribution in [0.15, 0.2) is 0 Å². The second kappa shape index (κ2) is 5.77. The highest BCUT2D eigenvalue weighted by Gasteiger charge is 2.37. The third kappa shape index (κ3) is 3.00. The van der Waals surface area contributed by atoms with E-state index in [0.29, 0.717) is 25.6 Å². The molecule has 2 amide bonds. The fourth-order valence-corrected chi connectivity index (χ4v) is 2.89. The van der Waals surface area contributed by atoms with Crippen LogP contribution in [0.25, 0.3) is 0 Å². The summed E-state index contributed by atoms with van der Waals surface area (Å²) < 4.78 is 5.16. The van der Waals surface area contributed by atoms with Crippen molar-refractivity contribution in [3.63, 3.8) is 0 Å². The van der Waals surface area contributed by atoms with Gasteiger partial charge in [0.15, 0.2) is 6.04 Å². The van der Waals surface area contributed by atoms with Gasteiger partial charge < -0.3 is 19.6 Å². The Balaban J connectivity index is 2.06. The van der Waals surface area contributed by atoms with Gasteiger partial charge in [0.1, 0.15) is 0 Å². The Hall–Kier alpha value is -1.30. The number of rotatable bonds is 1. The molecule has 0 aromatic heterocycles. The summed E-state index contributed by atoms with van der Waals surface area (Å²) in [5.74, 6) is -0.370. The molecule has 2 fully saturated rings. The van der Waals surface area contributed by atoms with Crippen molar-refractivity contribution < 1.29 is 19.4 Å². The van der Waals surface area contributed by atoms with Crippen molar-refractivity contribution in [1.82, 2.24) is 9.80 Å². The summed E-state index contributed by atoms with van der Waals surface area (Å²) in [7, 11) is 0. The van der Waals surface area contributed by atoms with E-state index in [4.69, 9.17) is 4.74 Å². The first-order chi connectivity index (χ1) is 9.00. The number of urea groups is 1. The Morgan fingerprint density at radius 3 is 2.58 bits per heavy atom. The molecule has 108 valence electrons. The highest BCUT2D eigenvalue weighted by molar-refractivity contribution is 5.83. The molecule has 2 aliphatic heterocycles. The third-order valence-corrected chi connectivity index (χ3v) is 4.04. The number of carboxylic acids is 1. The minimum absolute atomic E-state index is 0.0830. The van der Waals surface area contributed by atoms with Gasteiger partial charge in [-0.2, -0.15) is 0 Å². The lowest BCUT2D eigenvalue weighted by Crippen LogP contribution is -2.59. The van der Waals surface area contributed by atoms with Crippen molar-refractivity contribution in [2.24, 2.45) is 5.92 Å². The monoisotopic (exact) mass is 270 g/mol. The topological polar surface area (TPSA) is 70.1 Å². The number of hydrogen-bond acceptors (Lipinski definition) is 3. The maximum absolute atomic E-state index is 12.5. The molecule has 0 aliphatic carbocycles. The van der Waals surface area contributed by atoms with E-state index >= 15 is 0 Å². The molecule has 6 nitrogen and oxygen atoms in total. The lowest BCUT2D eigenvalue weighted by molar-refractivity contribution is -0.147. The lowest BCUT2D eigenvalue weighted by atomic mass is 9.93. The predicted octanol–water partition coefficient (Wildman–Crippen LogP) is 1.01. The van der Waals surface area contributed by atoms with Crippen molar-refractivity contribution in [2.45, 2.75) is 38.8 Å². The van der Waals surface area contributed by atoms with E-state index in [1.165, 1.54) is 4.90 Å². The number of likely N-dealkylation sites (tertiary alicyclic amines) is 1. The van der Waals surface area contributed by atoms with Crippen LogP contribution < -0.4 is 0 Å². The minimum Gasteiger partial charge on any atom is -0.480 e. The van der Waals surface area contributed by atoms with E-state index in [-0.39, 0.29) is 18.7 Å². The number of carbonyl (C=O) groups is 2. The number of aliphatic carboxylic acids is 1. The quantitative estimate of drug-likeness (QED) is 0.772. The van der Waals surface area contributed by atoms with Gasteiger partial charge >= 0.3 is 12.0 Å². The molecule has 19 heavy (non-hydrogen) atoms. The average Bonchev–Trinajstić information content (AvgIpc) is 2.38. The zero-order valence-corrected chi connectivity index (χ0v) is 11.5. The van der Waals surface area contributed by atoms with Crippen LogP contribution in [0.2, 0.25) is 0 Å². The van der Waals surface area contributed by atoms with Gasteiger partial charge in [0.2, 0.25) is 0 Å². The molecule has 2 heterocycles. The molecule has 2 aliphatic rings. The van der Waals surface area contributed by atoms with Crippen LogP contribution in [0.4, 0.5) is 4.79 Å². The molecule has 0 aromatic rings. The zero-order valence-electron chi connectivity index (χ0n) is 11.5. The molecule has 2 saturated heterocycles. The van der Waals surface area contributed by atoms with Crippen LogP contribution in [0.3, 0.4) is 0 Å². The summed E-state index contributed by atoms with van der Waals surface area (Å²) in [6.07, 6.45) is 1.96.